The van der Waals surface area contributed by atoms with Crippen molar-refractivity contribution >= 4 is 34.8 Å². The van der Waals surface area contributed by atoms with Gasteiger partial charge in [0.2, 0.25) is 0 Å². The summed E-state index contributed by atoms with van der Waals surface area (Å²) in [5.74, 6) is -0.207. The molecule has 1 amide bonds. The topological polar surface area (TPSA) is 84.7 Å². The number of carbonyl (C=O) groups excluding carboxylic acids is 1. The third-order valence-electron chi connectivity index (χ3n) is 5.11. The van der Waals surface area contributed by atoms with E-state index in [1.807, 2.05) is 11.6 Å². The minimum atomic E-state index is -0.207. The number of rotatable bonds is 3. The molecule has 26 heavy (non-hydrogen) atoms. The van der Waals surface area contributed by atoms with Crippen molar-refractivity contribution in [2.75, 3.05) is 18.4 Å². The maximum atomic E-state index is 12.6. The van der Waals surface area contributed by atoms with Gasteiger partial charge in [0.25, 0.3) is 5.91 Å². The zero-order valence-electron chi connectivity index (χ0n) is 15.0. The number of halogens is 1. The maximum absolute atomic E-state index is 12.6. The molecule has 142 valence electrons. The monoisotopic (exact) mass is 396 g/mol. The highest BCUT2D eigenvalue weighted by atomic mass is 35.5. The fourth-order valence-corrected chi connectivity index (χ4v) is 4.73. The number of carbonyl (C=O) groups is 1. The van der Waals surface area contributed by atoms with Crippen molar-refractivity contribution in [2.45, 2.75) is 57.9 Å². The van der Waals surface area contributed by atoms with Crippen LogP contribution in [0.15, 0.2) is 0 Å². The lowest BCUT2D eigenvalue weighted by molar-refractivity contribution is 0.102. The van der Waals surface area contributed by atoms with E-state index < -0.39 is 0 Å². The van der Waals surface area contributed by atoms with Crippen molar-refractivity contribution < 1.29 is 4.79 Å². The van der Waals surface area contributed by atoms with Crippen LogP contribution in [0.3, 0.4) is 0 Å². The molecule has 4 rings (SSSR count). The number of hydrogen-bond acceptors (Lipinski definition) is 6. The summed E-state index contributed by atoms with van der Waals surface area (Å²) in [6, 6.07) is 0.325. The lowest BCUT2D eigenvalue weighted by atomic mass is 10.1. The number of aryl methyl sites for hydroxylation is 2. The van der Waals surface area contributed by atoms with Gasteiger partial charge in [-0.25, -0.2) is 9.67 Å². The number of hydrogen-bond donors (Lipinski definition) is 2. The smallest absolute Gasteiger partial charge is 0.279 e. The molecule has 0 saturated carbocycles. The average Bonchev–Trinajstić information content (AvgIpc) is 3.12. The fraction of sp³-hybridized carbons (Fsp3) is 0.647. The minimum absolute atomic E-state index is 0. The number of amides is 1. The van der Waals surface area contributed by atoms with Crippen LogP contribution in [0.4, 0.5) is 5.13 Å². The number of nitrogens with zero attached hydrogens (tertiary/aromatic N) is 4. The standard InChI is InChI=1S/C17H24N6OS.ClH/c1-11-15(21-22-23(11)12-7-9-18-10-8-12)16(24)20-17-19-13-5-3-2-4-6-14(13)25-17;/h12,18H,2-10H2,1H3,(H,19,20,24);1H. The van der Waals surface area contributed by atoms with Crippen molar-refractivity contribution in [1.82, 2.24) is 25.3 Å². The van der Waals surface area contributed by atoms with Crippen molar-refractivity contribution in [3.8, 4) is 0 Å². The summed E-state index contributed by atoms with van der Waals surface area (Å²) in [5.41, 5.74) is 2.40. The summed E-state index contributed by atoms with van der Waals surface area (Å²) in [6.45, 7) is 3.89. The molecule has 1 fully saturated rings. The van der Waals surface area contributed by atoms with Gasteiger partial charge in [-0.3, -0.25) is 10.1 Å². The first kappa shape index (κ1) is 19.3. The van der Waals surface area contributed by atoms with Crippen LogP contribution >= 0.6 is 23.7 Å². The molecule has 1 aliphatic carbocycles. The second-order valence-electron chi connectivity index (χ2n) is 6.85. The van der Waals surface area contributed by atoms with Gasteiger partial charge in [0.1, 0.15) is 0 Å². The van der Waals surface area contributed by atoms with E-state index in [2.05, 4.69) is 25.9 Å². The number of nitrogens with one attached hydrogen (secondary N) is 2. The van der Waals surface area contributed by atoms with Crippen molar-refractivity contribution in [1.29, 1.82) is 0 Å². The molecule has 0 radical (unpaired) electrons. The Morgan fingerprint density at radius 2 is 2.00 bits per heavy atom. The van der Waals surface area contributed by atoms with Crippen LogP contribution in [0, 0.1) is 6.92 Å². The second kappa shape index (κ2) is 8.45. The first-order valence-electron chi connectivity index (χ1n) is 9.15. The lowest BCUT2D eigenvalue weighted by Gasteiger charge is -2.23. The van der Waals surface area contributed by atoms with Crippen molar-refractivity contribution in [3.63, 3.8) is 0 Å². The predicted octanol–water partition coefficient (Wildman–Crippen LogP) is 2.91. The Morgan fingerprint density at radius 1 is 1.23 bits per heavy atom. The Balaban J connectivity index is 0.00000196. The largest absolute Gasteiger partial charge is 0.317 e. The van der Waals surface area contributed by atoms with Gasteiger partial charge >= 0.3 is 0 Å². The van der Waals surface area contributed by atoms with Gasteiger partial charge in [0, 0.05) is 4.88 Å². The van der Waals surface area contributed by atoms with Crippen LogP contribution < -0.4 is 10.6 Å². The molecule has 0 unspecified atom stereocenters. The average molecular weight is 397 g/mol. The van der Waals surface area contributed by atoms with Crippen molar-refractivity contribution in [3.05, 3.63) is 22.0 Å². The number of piperidine rings is 1. The molecule has 0 spiro atoms. The van der Waals surface area contributed by atoms with E-state index in [-0.39, 0.29) is 18.3 Å². The summed E-state index contributed by atoms with van der Waals surface area (Å²) in [4.78, 5) is 18.6. The maximum Gasteiger partial charge on any atom is 0.279 e. The molecule has 1 aliphatic heterocycles. The Morgan fingerprint density at radius 3 is 2.81 bits per heavy atom. The van der Waals surface area contributed by atoms with E-state index in [4.69, 9.17) is 0 Å². The van der Waals surface area contributed by atoms with Gasteiger partial charge in [-0.15, -0.1) is 28.8 Å². The number of aromatic nitrogens is 4. The van der Waals surface area contributed by atoms with E-state index in [1.165, 1.54) is 24.1 Å². The Labute approximate surface area is 163 Å². The molecule has 0 bridgehead atoms. The van der Waals surface area contributed by atoms with E-state index >= 15 is 0 Å². The predicted molar refractivity (Wildman–Crippen MR) is 104 cm³/mol. The molecule has 2 N–H and O–H groups in total. The van der Waals surface area contributed by atoms with Crippen LogP contribution in [-0.4, -0.2) is 39.0 Å². The molecule has 2 aromatic heterocycles. The minimum Gasteiger partial charge on any atom is -0.317 e. The molecule has 2 aromatic rings. The fourth-order valence-electron chi connectivity index (χ4n) is 3.69. The summed E-state index contributed by atoms with van der Waals surface area (Å²) in [6.07, 6.45) is 7.80. The van der Waals surface area contributed by atoms with E-state index in [0.717, 1.165) is 50.2 Å². The van der Waals surface area contributed by atoms with Crippen molar-refractivity contribution in [2.24, 2.45) is 0 Å². The summed E-state index contributed by atoms with van der Waals surface area (Å²) in [5, 5.41) is 15.3. The number of anilines is 1. The molecule has 9 heteroatoms. The number of thiazole rings is 1. The quantitative estimate of drug-likeness (QED) is 0.779. The Kier molecular flexibility index (Phi) is 6.26. The van der Waals surface area contributed by atoms with Gasteiger partial charge in [-0.2, -0.15) is 0 Å². The molecule has 0 atom stereocenters. The highest BCUT2D eigenvalue weighted by Gasteiger charge is 2.24. The molecule has 3 heterocycles. The molecular weight excluding hydrogens is 372 g/mol. The third kappa shape index (κ3) is 3.92. The van der Waals surface area contributed by atoms with Crippen LogP contribution in [0.5, 0.6) is 0 Å². The third-order valence-corrected chi connectivity index (χ3v) is 6.19. The zero-order chi connectivity index (χ0) is 17.2. The van der Waals surface area contributed by atoms with Gasteiger partial charge in [0.05, 0.1) is 17.4 Å². The summed E-state index contributed by atoms with van der Waals surface area (Å²) in [7, 11) is 0. The molecule has 1 saturated heterocycles. The van der Waals surface area contributed by atoms with Crippen LogP contribution in [0.2, 0.25) is 0 Å². The first-order valence-corrected chi connectivity index (χ1v) is 9.96. The molecule has 0 aromatic carbocycles. The molecule has 7 nitrogen and oxygen atoms in total. The number of fused-ring (bicyclic) bond motifs is 1. The van der Waals surface area contributed by atoms with E-state index in [9.17, 15) is 4.79 Å². The second-order valence-corrected chi connectivity index (χ2v) is 7.94. The SMILES string of the molecule is Cc1c(C(=O)Nc2nc3c(s2)CCCCC3)nnn1C1CCNCC1.Cl. The Hall–Kier alpha value is -1.51. The Bertz CT molecular complexity index is 744. The lowest BCUT2D eigenvalue weighted by Crippen LogP contribution is -2.30. The van der Waals surface area contributed by atoms with Gasteiger partial charge in [0.15, 0.2) is 10.8 Å². The van der Waals surface area contributed by atoms with E-state index in [0.29, 0.717) is 16.9 Å². The van der Waals surface area contributed by atoms with E-state index in [1.54, 1.807) is 11.3 Å². The summed E-state index contributed by atoms with van der Waals surface area (Å²) < 4.78 is 1.91. The first-order chi connectivity index (χ1) is 12.2. The van der Waals surface area contributed by atoms with Crippen LogP contribution in [-0.2, 0) is 12.8 Å². The molecular formula is C17H25ClN6OS. The normalized spacial score (nSPS) is 17.9. The van der Waals surface area contributed by atoms with Crippen LogP contribution in [0.25, 0.3) is 0 Å². The van der Waals surface area contributed by atoms with Gasteiger partial charge in [-0.05, 0) is 58.5 Å². The summed E-state index contributed by atoms with van der Waals surface area (Å²) >= 11 is 1.61. The highest BCUT2D eigenvalue weighted by Crippen LogP contribution is 2.29. The highest BCUT2D eigenvalue weighted by molar-refractivity contribution is 7.15. The molecule has 2 aliphatic rings. The van der Waals surface area contributed by atoms with Gasteiger partial charge in [-0.1, -0.05) is 11.6 Å². The zero-order valence-corrected chi connectivity index (χ0v) is 16.6. The van der Waals surface area contributed by atoms with Crippen LogP contribution in [0.1, 0.15) is 64.9 Å². The van der Waals surface area contributed by atoms with Gasteiger partial charge < -0.3 is 5.32 Å².